The third-order valence-corrected chi connectivity index (χ3v) is 11.4. The molecule has 0 spiro atoms. The van der Waals surface area contributed by atoms with E-state index in [-0.39, 0.29) is 30.6 Å². The van der Waals surface area contributed by atoms with Gasteiger partial charge in [0.05, 0.1) is 19.1 Å². The SMILES string of the molecule is CCCCCCCCC(CCCCCCCC)OC(=O)CCCCCCCN(CCO)CCCCCCCOC(=O)C(C)CSCCCCCC. The standard InChI is InChI=1S/C44H87NO5S/c1-5-8-11-14-18-24-31-42(32-25-19-15-12-9-6-2)50-43(47)33-26-20-16-21-27-34-45(36-37-46)35-28-22-17-23-29-38-49-44(48)41(4)40-51-39-30-13-10-7-3/h41-42,46H,5-40H2,1-4H3. The van der Waals surface area contributed by atoms with Crippen LogP contribution < -0.4 is 0 Å². The number of thioether (sulfide) groups is 1. The molecule has 1 atom stereocenters. The second kappa shape index (κ2) is 40.4. The Morgan fingerprint density at radius 2 is 1.06 bits per heavy atom. The third kappa shape index (κ3) is 36.0. The molecule has 0 radical (unpaired) electrons. The van der Waals surface area contributed by atoms with E-state index in [1.807, 2.05) is 18.7 Å². The van der Waals surface area contributed by atoms with E-state index in [2.05, 4.69) is 25.7 Å². The molecule has 0 aromatic rings. The molecule has 0 aliphatic heterocycles. The first kappa shape index (κ1) is 50.2. The van der Waals surface area contributed by atoms with Gasteiger partial charge in [0.15, 0.2) is 0 Å². The molecule has 0 aromatic heterocycles. The molecule has 1 N–H and O–H groups in total. The van der Waals surface area contributed by atoms with Crippen LogP contribution in [0.4, 0.5) is 0 Å². The molecule has 304 valence electrons. The summed E-state index contributed by atoms with van der Waals surface area (Å²) in [4.78, 5) is 27.3. The molecule has 0 fully saturated rings. The zero-order valence-electron chi connectivity index (χ0n) is 34.5. The Labute approximate surface area is 322 Å². The van der Waals surface area contributed by atoms with E-state index < -0.39 is 0 Å². The zero-order valence-corrected chi connectivity index (χ0v) is 35.4. The van der Waals surface area contributed by atoms with Crippen molar-refractivity contribution in [3.63, 3.8) is 0 Å². The lowest BCUT2D eigenvalue weighted by Gasteiger charge is -2.21. The van der Waals surface area contributed by atoms with E-state index in [0.29, 0.717) is 13.0 Å². The summed E-state index contributed by atoms with van der Waals surface area (Å²) in [6, 6.07) is 0. The van der Waals surface area contributed by atoms with Crippen molar-refractivity contribution < 1.29 is 24.2 Å². The number of hydrogen-bond donors (Lipinski definition) is 1. The van der Waals surface area contributed by atoms with E-state index in [9.17, 15) is 14.7 Å². The lowest BCUT2D eigenvalue weighted by Crippen LogP contribution is -2.29. The van der Waals surface area contributed by atoms with E-state index in [1.165, 1.54) is 116 Å². The van der Waals surface area contributed by atoms with Gasteiger partial charge in [0.25, 0.3) is 0 Å². The predicted octanol–water partition coefficient (Wildman–Crippen LogP) is 12.5. The van der Waals surface area contributed by atoms with Crippen LogP contribution in [0.3, 0.4) is 0 Å². The number of unbranched alkanes of at least 4 members (excludes halogenated alkanes) is 21. The minimum absolute atomic E-state index is 0.0136. The Morgan fingerprint density at radius 3 is 1.61 bits per heavy atom. The maximum atomic E-state index is 12.7. The molecule has 0 aliphatic carbocycles. The summed E-state index contributed by atoms with van der Waals surface area (Å²) < 4.78 is 11.5. The molecule has 0 aromatic carbocycles. The fourth-order valence-corrected chi connectivity index (χ4v) is 7.73. The van der Waals surface area contributed by atoms with Crippen molar-refractivity contribution >= 4 is 23.7 Å². The van der Waals surface area contributed by atoms with Gasteiger partial charge in [-0.25, -0.2) is 0 Å². The van der Waals surface area contributed by atoms with Crippen molar-refractivity contribution in [3.05, 3.63) is 0 Å². The largest absolute Gasteiger partial charge is 0.465 e. The average Bonchev–Trinajstić information content (AvgIpc) is 3.12. The number of carbonyl (C=O) groups is 2. The molecule has 0 saturated carbocycles. The molecule has 0 heterocycles. The number of rotatable bonds is 41. The van der Waals surface area contributed by atoms with E-state index in [4.69, 9.17) is 9.47 Å². The van der Waals surface area contributed by atoms with Crippen LogP contribution in [0.1, 0.15) is 214 Å². The van der Waals surface area contributed by atoms with Crippen molar-refractivity contribution in [1.82, 2.24) is 4.90 Å². The van der Waals surface area contributed by atoms with Gasteiger partial charge in [0.2, 0.25) is 0 Å². The van der Waals surface area contributed by atoms with Crippen LogP contribution >= 0.6 is 11.8 Å². The Morgan fingerprint density at radius 1 is 0.588 bits per heavy atom. The average molecular weight is 742 g/mol. The van der Waals surface area contributed by atoms with Crippen molar-refractivity contribution in [2.75, 3.05) is 44.4 Å². The fraction of sp³-hybridized carbons (Fsp3) is 0.955. The second-order valence-corrected chi connectivity index (χ2v) is 16.4. The van der Waals surface area contributed by atoms with Gasteiger partial charge < -0.3 is 19.5 Å². The van der Waals surface area contributed by atoms with Crippen LogP contribution in [0.25, 0.3) is 0 Å². The topological polar surface area (TPSA) is 76.1 Å². The highest BCUT2D eigenvalue weighted by Crippen LogP contribution is 2.19. The lowest BCUT2D eigenvalue weighted by molar-refractivity contribution is -0.150. The van der Waals surface area contributed by atoms with Crippen molar-refractivity contribution in [2.24, 2.45) is 5.92 Å². The van der Waals surface area contributed by atoms with Crippen LogP contribution in [0, 0.1) is 5.92 Å². The number of aliphatic hydroxyl groups is 1. The number of carbonyl (C=O) groups excluding carboxylic acids is 2. The molecular weight excluding hydrogens is 655 g/mol. The highest BCUT2D eigenvalue weighted by atomic mass is 32.2. The Hall–Kier alpha value is -0.790. The minimum atomic E-state index is -0.0421. The molecule has 6 nitrogen and oxygen atoms in total. The van der Waals surface area contributed by atoms with Gasteiger partial charge in [-0.1, -0.05) is 150 Å². The van der Waals surface area contributed by atoms with Crippen LogP contribution in [-0.4, -0.2) is 72.4 Å². The summed E-state index contributed by atoms with van der Waals surface area (Å²) in [7, 11) is 0. The van der Waals surface area contributed by atoms with Crippen LogP contribution in [0.15, 0.2) is 0 Å². The number of ether oxygens (including phenoxy) is 2. The van der Waals surface area contributed by atoms with Gasteiger partial charge in [-0.05, 0) is 76.6 Å². The fourth-order valence-electron chi connectivity index (χ4n) is 6.67. The van der Waals surface area contributed by atoms with Gasteiger partial charge >= 0.3 is 11.9 Å². The summed E-state index contributed by atoms with van der Waals surface area (Å²) in [5.74, 6) is 1.97. The van der Waals surface area contributed by atoms with Crippen LogP contribution in [0.5, 0.6) is 0 Å². The minimum Gasteiger partial charge on any atom is -0.465 e. The molecular formula is C44H87NO5S. The summed E-state index contributed by atoms with van der Waals surface area (Å²) in [6.07, 6.45) is 34.3. The van der Waals surface area contributed by atoms with Gasteiger partial charge in [0, 0.05) is 18.7 Å². The maximum absolute atomic E-state index is 12.7. The molecule has 0 aliphatic rings. The molecule has 0 amide bonds. The Kier molecular flexibility index (Phi) is 39.8. The monoisotopic (exact) mass is 742 g/mol. The first-order valence-electron chi connectivity index (χ1n) is 22.2. The van der Waals surface area contributed by atoms with Gasteiger partial charge in [-0.3, -0.25) is 9.59 Å². The molecule has 51 heavy (non-hydrogen) atoms. The number of aliphatic hydroxyl groups excluding tert-OH is 1. The van der Waals surface area contributed by atoms with Crippen LogP contribution in [0.2, 0.25) is 0 Å². The van der Waals surface area contributed by atoms with E-state index in [1.54, 1.807) is 0 Å². The zero-order chi connectivity index (χ0) is 37.5. The summed E-state index contributed by atoms with van der Waals surface area (Å²) >= 11 is 1.88. The van der Waals surface area contributed by atoms with Crippen LogP contribution in [-0.2, 0) is 19.1 Å². The number of hydrogen-bond acceptors (Lipinski definition) is 7. The highest BCUT2D eigenvalue weighted by molar-refractivity contribution is 7.99. The molecule has 0 saturated heterocycles. The number of nitrogens with zero attached hydrogens (tertiary/aromatic N) is 1. The second-order valence-electron chi connectivity index (χ2n) is 15.3. The highest BCUT2D eigenvalue weighted by Gasteiger charge is 2.15. The third-order valence-electron chi connectivity index (χ3n) is 10.1. The smallest absolute Gasteiger partial charge is 0.309 e. The first-order chi connectivity index (χ1) is 25.0. The summed E-state index contributed by atoms with van der Waals surface area (Å²) in [5, 5.41) is 9.55. The van der Waals surface area contributed by atoms with Crippen molar-refractivity contribution in [1.29, 1.82) is 0 Å². The summed E-state index contributed by atoms with van der Waals surface area (Å²) in [6.45, 7) is 12.3. The molecule has 7 heteroatoms. The van der Waals surface area contributed by atoms with E-state index >= 15 is 0 Å². The first-order valence-corrected chi connectivity index (χ1v) is 23.4. The molecule has 0 rings (SSSR count). The number of esters is 2. The maximum Gasteiger partial charge on any atom is 0.309 e. The van der Waals surface area contributed by atoms with Crippen molar-refractivity contribution in [2.45, 2.75) is 220 Å². The van der Waals surface area contributed by atoms with E-state index in [0.717, 1.165) is 95.3 Å². The van der Waals surface area contributed by atoms with Crippen molar-refractivity contribution in [3.8, 4) is 0 Å². The summed E-state index contributed by atoms with van der Waals surface area (Å²) in [5.41, 5.74) is 0. The quantitative estimate of drug-likeness (QED) is 0.0494. The lowest BCUT2D eigenvalue weighted by atomic mass is 10.0. The Balaban J connectivity index is 3.98. The molecule has 0 bridgehead atoms. The predicted molar refractivity (Wildman–Crippen MR) is 222 cm³/mol. The van der Waals surface area contributed by atoms with Gasteiger partial charge in [-0.15, -0.1) is 0 Å². The Bertz CT molecular complexity index is 722. The molecule has 1 unspecified atom stereocenters. The van der Waals surface area contributed by atoms with Gasteiger partial charge in [-0.2, -0.15) is 11.8 Å². The van der Waals surface area contributed by atoms with Gasteiger partial charge in [0.1, 0.15) is 6.10 Å². The normalized spacial score (nSPS) is 12.2.